The van der Waals surface area contributed by atoms with Gasteiger partial charge in [-0.15, -0.1) is 0 Å². The van der Waals surface area contributed by atoms with Crippen molar-refractivity contribution in [2.75, 3.05) is 0 Å². The van der Waals surface area contributed by atoms with Gasteiger partial charge in [0.1, 0.15) is 0 Å². The second kappa shape index (κ2) is 4.65. The number of nitrogens with zero attached hydrogens (tertiary/aromatic N) is 2. The topological polar surface area (TPSA) is 54.6 Å². The molecule has 86 valence electrons. The van der Waals surface area contributed by atoms with E-state index in [0.29, 0.717) is 0 Å². The number of hydrogen-bond acceptors (Lipinski definition) is 3. The van der Waals surface area contributed by atoms with Crippen LogP contribution in [0.25, 0.3) is 11.1 Å². The number of aryl methyl sites for hydroxylation is 1. The Kier molecular flexibility index (Phi) is 3.05. The van der Waals surface area contributed by atoms with Crippen LogP contribution >= 0.6 is 0 Å². The fourth-order valence-electron chi connectivity index (χ4n) is 1.58. The summed E-state index contributed by atoms with van der Waals surface area (Å²) in [5.74, 6) is 0. The molecule has 0 radical (unpaired) electrons. The van der Waals surface area contributed by atoms with E-state index in [2.05, 4.69) is 5.16 Å². The first-order chi connectivity index (χ1) is 8.22. The molecule has 0 spiro atoms. The van der Waals surface area contributed by atoms with Crippen LogP contribution in [0.4, 0.5) is 0 Å². The van der Waals surface area contributed by atoms with Gasteiger partial charge in [-0.25, -0.2) is 0 Å². The average Bonchev–Trinajstić information content (AvgIpc) is 2.52. The number of hydrogen-bond donors (Lipinski definition) is 1. The molecule has 0 aliphatic carbocycles. The van der Waals surface area contributed by atoms with E-state index in [0.717, 1.165) is 11.1 Å². The molecule has 1 N–H and O–H groups in total. The molecule has 0 fully saturated rings. The first-order valence-corrected chi connectivity index (χ1v) is 5.17. The fourth-order valence-corrected chi connectivity index (χ4v) is 1.58. The zero-order valence-electron chi connectivity index (χ0n) is 9.37. The summed E-state index contributed by atoms with van der Waals surface area (Å²) in [4.78, 5) is 11.7. The van der Waals surface area contributed by atoms with E-state index in [1.54, 1.807) is 19.3 Å². The van der Waals surface area contributed by atoms with Crippen LogP contribution in [0, 0.1) is 0 Å². The minimum absolute atomic E-state index is 0.0244. The first-order valence-electron chi connectivity index (χ1n) is 5.17. The number of aromatic nitrogens is 1. The lowest BCUT2D eigenvalue weighted by atomic mass is 10.1. The van der Waals surface area contributed by atoms with Crippen LogP contribution in [0.2, 0.25) is 0 Å². The van der Waals surface area contributed by atoms with Crippen LogP contribution in [-0.2, 0) is 7.05 Å². The summed E-state index contributed by atoms with van der Waals surface area (Å²) in [5.41, 5.74) is 1.46. The molecular formula is C13H12N2O2. The Morgan fingerprint density at radius 1 is 1.12 bits per heavy atom. The summed E-state index contributed by atoms with van der Waals surface area (Å²) in [6.45, 7) is 0. The molecular weight excluding hydrogens is 216 g/mol. The molecule has 1 heterocycles. The number of benzene rings is 1. The van der Waals surface area contributed by atoms with Gasteiger partial charge in [0, 0.05) is 13.2 Å². The van der Waals surface area contributed by atoms with Gasteiger partial charge < -0.3 is 9.77 Å². The lowest BCUT2D eigenvalue weighted by Gasteiger charge is -1.96. The largest absolute Gasteiger partial charge is 0.410 e. The third-order valence-electron chi connectivity index (χ3n) is 2.52. The third-order valence-corrected chi connectivity index (χ3v) is 2.52. The normalized spacial score (nSPS) is 11.5. The second-order valence-electron chi connectivity index (χ2n) is 3.68. The maximum atomic E-state index is 11.7. The van der Waals surface area contributed by atoms with E-state index < -0.39 is 0 Å². The number of rotatable bonds is 1. The van der Waals surface area contributed by atoms with Crippen molar-refractivity contribution in [3.8, 4) is 11.1 Å². The van der Waals surface area contributed by atoms with Crippen LogP contribution in [0.3, 0.4) is 0 Å². The predicted molar refractivity (Wildman–Crippen MR) is 64.5 cm³/mol. The van der Waals surface area contributed by atoms with Crippen LogP contribution in [0.15, 0.2) is 58.6 Å². The van der Waals surface area contributed by atoms with Crippen LogP contribution in [-0.4, -0.2) is 9.77 Å². The highest BCUT2D eigenvalue weighted by Crippen LogP contribution is 2.15. The van der Waals surface area contributed by atoms with Crippen LogP contribution in [0.1, 0.15) is 0 Å². The summed E-state index contributed by atoms with van der Waals surface area (Å²) in [5, 5.41) is 11.9. The van der Waals surface area contributed by atoms with Crippen molar-refractivity contribution >= 4 is 0 Å². The molecule has 0 aliphatic heterocycles. The minimum atomic E-state index is -0.338. The van der Waals surface area contributed by atoms with Crippen molar-refractivity contribution in [1.29, 1.82) is 0 Å². The molecule has 0 bridgehead atoms. The van der Waals surface area contributed by atoms with Crippen molar-refractivity contribution in [2.45, 2.75) is 0 Å². The van der Waals surface area contributed by atoms with E-state index in [1.165, 1.54) is 4.57 Å². The molecule has 4 nitrogen and oxygen atoms in total. The molecule has 0 unspecified atom stereocenters. The quantitative estimate of drug-likeness (QED) is 0.591. The standard InChI is InChI=1S/C13H12N2O2/c1-15-8-7-11(9-12(14-17)13(15)16)10-5-3-2-4-6-10/h2-9,17H,1H3. The molecule has 0 atom stereocenters. The molecule has 17 heavy (non-hydrogen) atoms. The van der Waals surface area contributed by atoms with E-state index in [1.807, 2.05) is 36.4 Å². The lowest BCUT2D eigenvalue weighted by Crippen LogP contribution is -2.29. The summed E-state index contributed by atoms with van der Waals surface area (Å²) < 4.78 is 1.38. The van der Waals surface area contributed by atoms with Crippen molar-refractivity contribution in [3.63, 3.8) is 0 Å². The molecule has 1 aromatic heterocycles. The Balaban J connectivity index is 2.76. The van der Waals surface area contributed by atoms with Crippen molar-refractivity contribution in [1.82, 2.24) is 4.57 Å². The van der Waals surface area contributed by atoms with Gasteiger partial charge in [-0.1, -0.05) is 35.5 Å². The second-order valence-corrected chi connectivity index (χ2v) is 3.68. The fraction of sp³-hybridized carbons (Fsp3) is 0.0769. The zero-order valence-corrected chi connectivity index (χ0v) is 9.37. The highest BCUT2D eigenvalue weighted by Gasteiger charge is 1.99. The highest BCUT2D eigenvalue weighted by molar-refractivity contribution is 5.62. The van der Waals surface area contributed by atoms with Gasteiger partial charge in [0.25, 0.3) is 5.56 Å². The summed E-state index contributed by atoms with van der Waals surface area (Å²) >= 11 is 0. The zero-order chi connectivity index (χ0) is 12.3. The summed E-state index contributed by atoms with van der Waals surface area (Å²) in [6, 6.07) is 13.0. The van der Waals surface area contributed by atoms with Gasteiger partial charge in [0.15, 0.2) is 5.36 Å². The van der Waals surface area contributed by atoms with Gasteiger partial charge in [0.05, 0.1) is 0 Å². The first kappa shape index (κ1) is 11.1. The Labute approximate surface area is 98.1 Å². The Hall–Kier alpha value is -2.36. The molecule has 1 aromatic carbocycles. The van der Waals surface area contributed by atoms with Gasteiger partial charge in [-0.3, -0.25) is 4.79 Å². The van der Waals surface area contributed by atoms with Gasteiger partial charge in [0.2, 0.25) is 0 Å². The van der Waals surface area contributed by atoms with E-state index in [-0.39, 0.29) is 10.9 Å². The van der Waals surface area contributed by atoms with Gasteiger partial charge in [-0.2, -0.15) is 0 Å². The average molecular weight is 228 g/mol. The van der Waals surface area contributed by atoms with Gasteiger partial charge >= 0.3 is 0 Å². The molecule has 0 saturated carbocycles. The van der Waals surface area contributed by atoms with Crippen molar-refractivity contribution < 1.29 is 5.21 Å². The Morgan fingerprint density at radius 3 is 2.47 bits per heavy atom. The molecule has 4 heteroatoms. The smallest absolute Gasteiger partial charge is 0.279 e. The SMILES string of the molecule is Cn1ccc(-c2ccccc2)cc(=NO)c1=O. The van der Waals surface area contributed by atoms with Crippen molar-refractivity contribution in [3.05, 3.63) is 64.4 Å². The summed E-state index contributed by atoms with van der Waals surface area (Å²) in [7, 11) is 1.62. The maximum Gasteiger partial charge on any atom is 0.279 e. The molecule has 0 saturated heterocycles. The Bertz CT molecular complexity index is 646. The van der Waals surface area contributed by atoms with Gasteiger partial charge in [-0.05, 0) is 23.3 Å². The molecule has 0 amide bonds. The molecule has 2 aromatic rings. The van der Waals surface area contributed by atoms with Crippen LogP contribution < -0.4 is 10.9 Å². The maximum absolute atomic E-state index is 11.7. The van der Waals surface area contributed by atoms with E-state index >= 15 is 0 Å². The highest BCUT2D eigenvalue weighted by atomic mass is 16.4. The molecule has 0 aliphatic rings. The lowest BCUT2D eigenvalue weighted by molar-refractivity contribution is 0.300. The van der Waals surface area contributed by atoms with Crippen molar-refractivity contribution in [2.24, 2.45) is 12.2 Å². The minimum Gasteiger partial charge on any atom is -0.410 e. The van der Waals surface area contributed by atoms with Crippen LogP contribution in [0.5, 0.6) is 0 Å². The predicted octanol–water partition coefficient (Wildman–Crippen LogP) is 1.34. The Morgan fingerprint density at radius 2 is 1.82 bits per heavy atom. The van der Waals surface area contributed by atoms with E-state index in [9.17, 15) is 4.79 Å². The monoisotopic (exact) mass is 228 g/mol. The third kappa shape index (κ3) is 2.25. The molecule has 2 rings (SSSR count). The summed E-state index contributed by atoms with van der Waals surface area (Å²) in [6.07, 6.45) is 1.65. The van der Waals surface area contributed by atoms with E-state index in [4.69, 9.17) is 5.21 Å².